The number of amides is 2. The van der Waals surface area contributed by atoms with Gasteiger partial charge in [0.15, 0.2) is 0 Å². The van der Waals surface area contributed by atoms with Crippen molar-refractivity contribution >= 4 is 11.8 Å². The molecule has 0 aliphatic heterocycles. The molecule has 5 heteroatoms. The molecule has 0 aromatic heterocycles. The Kier molecular flexibility index (Phi) is 7.60. The van der Waals surface area contributed by atoms with E-state index in [4.69, 9.17) is 4.74 Å². The van der Waals surface area contributed by atoms with E-state index in [9.17, 15) is 9.59 Å². The summed E-state index contributed by atoms with van der Waals surface area (Å²) in [4.78, 5) is 24.6. The van der Waals surface area contributed by atoms with Crippen molar-refractivity contribution in [3.05, 3.63) is 35.4 Å². The van der Waals surface area contributed by atoms with E-state index in [1.165, 1.54) is 0 Å². The van der Waals surface area contributed by atoms with Gasteiger partial charge in [0.1, 0.15) is 6.04 Å². The summed E-state index contributed by atoms with van der Waals surface area (Å²) in [6, 6.07) is 6.81. The highest BCUT2D eigenvalue weighted by Gasteiger charge is 2.22. The molecule has 0 heterocycles. The molecule has 22 heavy (non-hydrogen) atoms. The molecule has 1 aromatic rings. The van der Waals surface area contributed by atoms with Crippen LogP contribution < -0.4 is 10.6 Å². The molecule has 0 spiro atoms. The molecule has 0 fully saturated rings. The number of hydrogen-bond acceptors (Lipinski definition) is 3. The molecule has 1 aromatic carbocycles. The predicted octanol–water partition coefficient (Wildman–Crippen LogP) is 1.90. The van der Waals surface area contributed by atoms with Gasteiger partial charge in [-0.15, -0.1) is 0 Å². The maximum absolute atomic E-state index is 12.4. The van der Waals surface area contributed by atoms with E-state index in [1.54, 1.807) is 13.2 Å². The standard InChI is InChI=1S/C17H26N2O3/c1-12(2)11-15(17(21)18-9-10-22-4)19-16(20)14-8-6-5-7-13(14)3/h5-8,12,15H,9-11H2,1-4H3,(H,18,21)(H,19,20). The molecule has 1 atom stereocenters. The Morgan fingerprint density at radius 3 is 2.50 bits per heavy atom. The lowest BCUT2D eigenvalue weighted by Crippen LogP contribution is -2.48. The van der Waals surface area contributed by atoms with Crippen molar-refractivity contribution in [1.82, 2.24) is 10.6 Å². The minimum absolute atomic E-state index is 0.173. The Hall–Kier alpha value is -1.88. The summed E-state index contributed by atoms with van der Waals surface area (Å²) in [7, 11) is 1.58. The lowest BCUT2D eigenvalue weighted by atomic mass is 10.0. The van der Waals surface area contributed by atoms with Crippen LogP contribution in [-0.4, -0.2) is 38.1 Å². The molecule has 0 radical (unpaired) electrons. The van der Waals surface area contributed by atoms with Gasteiger partial charge in [0.05, 0.1) is 6.61 Å². The van der Waals surface area contributed by atoms with E-state index in [2.05, 4.69) is 10.6 Å². The highest BCUT2D eigenvalue weighted by molar-refractivity contribution is 5.98. The van der Waals surface area contributed by atoms with Crippen molar-refractivity contribution in [2.75, 3.05) is 20.3 Å². The van der Waals surface area contributed by atoms with Crippen LogP contribution in [-0.2, 0) is 9.53 Å². The molecule has 0 saturated carbocycles. The minimum atomic E-state index is -0.538. The van der Waals surface area contributed by atoms with Crippen LogP contribution >= 0.6 is 0 Å². The summed E-state index contributed by atoms with van der Waals surface area (Å²) in [5, 5.41) is 5.62. The third kappa shape index (κ3) is 5.85. The molecule has 0 aliphatic rings. The van der Waals surface area contributed by atoms with Crippen LogP contribution in [0.5, 0.6) is 0 Å². The molecular weight excluding hydrogens is 280 g/mol. The highest BCUT2D eigenvalue weighted by atomic mass is 16.5. The number of carbonyl (C=O) groups excluding carboxylic acids is 2. The largest absolute Gasteiger partial charge is 0.383 e. The maximum atomic E-state index is 12.4. The molecule has 0 bridgehead atoms. The molecule has 0 saturated heterocycles. The Morgan fingerprint density at radius 1 is 1.23 bits per heavy atom. The SMILES string of the molecule is COCCNC(=O)C(CC(C)C)NC(=O)c1ccccc1C. The predicted molar refractivity (Wildman–Crippen MR) is 86.8 cm³/mol. The Morgan fingerprint density at radius 2 is 1.91 bits per heavy atom. The summed E-state index contributed by atoms with van der Waals surface area (Å²) in [6.07, 6.45) is 0.594. The Labute approximate surface area is 132 Å². The Balaban J connectivity index is 2.74. The average Bonchev–Trinajstić information content (AvgIpc) is 2.46. The first-order valence-corrected chi connectivity index (χ1v) is 7.58. The number of aryl methyl sites for hydroxylation is 1. The molecule has 5 nitrogen and oxygen atoms in total. The van der Waals surface area contributed by atoms with Crippen molar-refractivity contribution < 1.29 is 14.3 Å². The minimum Gasteiger partial charge on any atom is -0.383 e. The van der Waals surface area contributed by atoms with E-state index < -0.39 is 6.04 Å². The first kappa shape index (κ1) is 18.2. The van der Waals surface area contributed by atoms with Crippen LogP contribution in [0.2, 0.25) is 0 Å². The molecule has 0 aliphatic carbocycles. The van der Waals surface area contributed by atoms with Crippen molar-refractivity contribution in [3.8, 4) is 0 Å². The van der Waals surface area contributed by atoms with Crippen LogP contribution in [0.1, 0.15) is 36.2 Å². The number of ether oxygens (including phenoxy) is 1. The number of benzene rings is 1. The van der Waals surface area contributed by atoms with Crippen molar-refractivity contribution in [2.24, 2.45) is 5.92 Å². The number of rotatable bonds is 8. The molecule has 1 unspecified atom stereocenters. The van der Waals surface area contributed by atoms with Crippen LogP contribution in [0.25, 0.3) is 0 Å². The van der Waals surface area contributed by atoms with Gasteiger partial charge >= 0.3 is 0 Å². The summed E-state index contributed by atoms with van der Waals surface area (Å²) < 4.78 is 4.92. The summed E-state index contributed by atoms with van der Waals surface area (Å²) >= 11 is 0. The normalized spacial score (nSPS) is 12.0. The van der Waals surface area contributed by atoms with Gasteiger partial charge in [-0.2, -0.15) is 0 Å². The van der Waals surface area contributed by atoms with Gasteiger partial charge in [-0.25, -0.2) is 0 Å². The van der Waals surface area contributed by atoms with Crippen molar-refractivity contribution in [1.29, 1.82) is 0 Å². The number of nitrogens with one attached hydrogen (secondary N) is 2. The van der Waals surface area contributed by atoms with Gasteiger partial charge in [0.2, 0.25) is 5.91 Å². The van der Waals surface area contributed by atoms with Crippen LogP contribution in [0, 0.1) is 12.8 Å². The summed E-state index contributed by atoms with van der Waals surface area (Å²) in [5.74, 6) is -0.0892. The molecular formula is C17H26N2O3. The smallest absolute Gasteiger partial charge is 0.252 e. The zero-order valence-corrected chi connectivity index (χ0v) is 13.8. The fourth-order valence-electron chi connectivity index (χ4n) is 2.17. The van der Waals surface area contributed by atoms with Gasteiger partial charge in [-0.3, -0.25) is 9.59 Å². The van der Waals surface area contributed by atoms with Crippen molar-refractivity contribution in [2.45, 2.75) is 33.2 Å². The molecule has 2 amide bonds. The van der Waals surface area contributed by atoms with Gasteiger partial charge < -0.3 is 15.4 Å². The second kappa shape index (κ2) is 9.20. The van der Waals surface area contributed by atoms with Gasteiger partial charge in [-0.1, -0.05) is 32.0 Å². The first-order valence-electron chi connectivity index (χ1n) is 7.58. The van der Waals surface area contributed by atoms with E-state index in [1.807, 2.05) is 39.0 Å². The zero-order valence-electron chi connectivity index (χ0n) is 13.8. The van der Waals surface area contributed by atoms with E-state index in [0.717, 1.165) is 5.56 Å². The molecule has 1 rings (SSSR count). The third-order valence-corrected chi connectivity index (χ3v) is 3.32. The monoisotopic (exact) mass is 306 g/mol. The second-order valence-electron chi connectivity index (χ2n) is 5.75. The summed E-state index contributed by atoms with van der Waals surface area (Å²) in [5.41, 5.74) is 1.49. The highest BCUT2D eigenvalue weighted by Crippen LogP contribution is 2.10. The van der Waals surface area contributed by atoms with Gasteiger partial charge in [-0.05, 0) is 30.9 Å². The average molecular weight is 306 g/mol. The van der Waals surface area contributed by atoms with E-state index in [-0.39, 0.29) is 11.8 Å². The van der Waals surface area contributed by atoms with Gasteiger partial charge in [0.25, 0.3) is 5.91 Å². The van der Waals surface area contributed by atoms with Crippen LogP contribution in [0.4, 0.5) is 0 Å². The topological polar surface area (TPSA) is 67.4 Å². The van der Waals surface area contributed by atoms with Gasteiger partial charge in [0, 0.05) is 19.2 Å². The number of methoxy groups -OCH3 is 1. The maximum Gasteiger partial charge on any atom is 0.252 e. The first-order chi connectivity index (χ1) is 10.5. The fourth-order valence-corrected chi connectivity index (χ4v) is 2.17. The van der Waals surface area contributed by atoms with Crippen molar-refractivity contribution in [3.63, 3.8) is 0 Å². The fraction of sp³-hybridized carbons (Fsp3) is 0.529. The second-order valence-corrected chi connectivity index (χ2v) is 5.75. The summed E-state index contributed by atoms with van der Waals surface area (Å²) in [6.45, 7) is 6.81. The Bertz CT molecular complexity index is 500. The quantitative estimate of drug-likeness (QED) is 0.721. The molecule has 2 N–H and O–H groups in total. The number of carbonyl (C=O) groups is 2. The van der Waals surface area contributed by atoms with Crippen LogP contribution in [0.15, 0.2) is 24.3 Å². The van der Waals surface area contributed by atoms with Crippen LogP contribution in [0.3, 0.4) is 0 Å². The third-order valence-electron chi connectivity index (χ3n) is 3.32. The van der Waals surface area contributed by atoms with E-state index >= 15 is 0 Å². The zero-order chi connectivity index (χ0) is 16.5. The molecule has 122 valence electrons. The number of hydrogen-bond donors (Lipinski definition) is 2. The lowest BCUT2D eigenvalue weighted by Gasteiger charge is -2.20. The lowest BCUT2D eigenvalue weighted by molar-refractivity contribution is -0.123. The van der Waals surface area contributed by atoms with E-state index in [0.29, 0.717) is 31.1 Å².